The van der Waals surface area contributed by atoms with Crippen LogP contribution >= 0.6 is 0 Å². The predicted octanol–water partition coefficient (Wildman–Crippen LogP) is 3.40. The zero-order chi connectivity index (χ0) is 12.7. The Morgan fingerprint density at radius 1 is 1.29 bits per heavy atom. The van der Waals surface area contributed by atoms with E-state index < -0.39 is 17.1 Å². The molecule has 1 N–H and O–H groups in total. The van der Waals surface area contributed by atoms with Crippen molar-refractivity contribution in [2.24, 2.45) is 0 Å². The van der Waals surface area contributed by atoms with E-state index in [9.17, 15) is 14.3 Å². The summed E-state index contributed by atoms with van der Waals surface area (Å²) in [7, 11) is 0. The monoisotopic (exact) mass is 236 g/mol. The second-order valence-electron chi connectivity index (χ2n) is 5.29. The molecule has 92 valence electrons. The highest BCUT2D eigenvalue weighted by atomic mass is 19.1. The molecular weight excluding hydrogens is 219 g/mol. The first-order valence-electron chi connectivity index (χ1n) is 5.90. The van der Waals surface area contributed by atoms with Crippen LogP contribution in [-0.4, -0.2) is 11.1 Å². The second-order valence-corrected chi connectivity index (χ2v) is 5.29. The summed E-state index contributed by atoms with van der Waals surface area (Å²) in [6.07, 6.45) is 2.31. The van der Waals surface area contributed by atoms with Crippen LogP contribution in [-0.2, 0) is 15.9 Å². The van der Waals surface area contributed by atoms with Crippen molar-refractivity contribution in [3.8, 4) is 0 Å². The van der Waals surface area contributed by atoms with E-state index in [1.54, 1.807) is 24.3 Å². The van der Waals surface area contributed by atoms with Crippen molar-refractivity contribution in [1.29, 1.82) is 0 Å². The largest absolute Gasteiger partial charge is 0.481 e. The third kappa shape index (κ3) is 1.94. The average molecular weight is 236 g/mol. The van der Waals surface area contributed by atoms with Crippen molar-refractivity contribution in [3.63, 3.8) is 0 Å². The first-order valence-corrected chi connectivity index (χ1v) is 5.90. The smallest absolute Gasteiger partial charge is 0.314 e. The van der Waals surface area contributed by atoms with Gasteiger partial charge in [0, 0.05) is 0 Å². The fourth-order valence-electron chi connectivity index (χ4n) is 2.34. The summed E-state index contributed by atoms with van der Waals surface area (Å²) in [6.45, 7) is 3.00. The summed E-state index contributed by atoms with van der Waals surface area (Å²) in [5, 5.41) is 9.29. The summed E-state index contributed by atoms with van der Waals surface area (Å²) in [4.78, 5) is 11.3. The first-order chi connectivity index (χ1) is 7.86. The normalized spacial score (nSPS) is 18.5. The van der Waals surface area contributed by atoms with E-state index in [-0.39, 0.29) is 0 Å². The molecule has 0 unspecified atom stereocenters. The van der Waals surface area contributed by atoms with Crippen LogP contribution < -0.4 is 0 Å². The number of benzene rings is 1. The van der Waals surface area contributed by atoms with Gasteiger partial charge in [-0.25, -0.2) is 4.39 Å². The van der Waals surface area contributed by atoms with Crippen LogP contribution in [0.2, 0.25) is 0 Å². The van der Waals surface area contributed by atoms with Gasteiger partial charge in [-0.1, -0.05) is 30.7 Å². The zero-order valence-electron chi connectivity index (χ0n) is 10.2. The van der Waals surface area contributed by atoms with Gasteiger partial charge in [-0.05, 0) is 37.8 Å². The molecule has 1 fully saturated rings. The molecule has 0 aromatic heterocycles. The fourth-order valence-corrected chi connectivity index (χ4v) is 2.34. The van der Waals surface area contributed by atoms with Gasteiger partial charge in [-0.2, -0.15) is 0 Å². The number of alkyl halides is 1. The van der Waals surface area contributed by atoms with Crippen molar-refractivity contribution in [1.82, 2.24) is 0 Å². The summed E-state index contributed by atoms with van der Waals surface area (Å²) in [6, 6.07) is 6.89. The number of aliphatic carboxylic acids is 1. The van der Waals surface area contributed by atoms with E-state index in [1.165, 1.54) is 13.8 Å². The van der Waals surface area contributed by atoms with Crippen LogP contribution in [0.1, 0.15) is 44.2 Å². The molecule has 17 heavy (non-hydrogen) atoms. The summed E-state index contributed by atoms with van der Waals surface area (Å²) in [5.74, 6) is -0.768. The van der Waals surface area contributed by atoms with Gasteiger partial charge in [0.15, 0.2) is 0 Å². The lowest BCUT2D eigenvalue weighted by molar-refractivity contribution is -0.147. The molecule has 2 nitrogen and oxygen atoms in total. The number of carboxylic acids is 1. The van der Waals surface area contributed by atoms with E-state index in [0.717, 1.165) is 12.0 Å². The molecule has 0 radical (unpaired) electrons. The van der Waals surface area contributed by atoms with E-state index in [4.69, 9.17) is 0 Å². The molecule has 1 aliphatic rings. The number of carbonyl (C=O) groups is 1. The fraction of sp³-hybridized carbons (Fsp3) is 0.500. The van der Waals surface area contributed by atoms with Crippen molar-refractivity contribution in [2.45, 2.75) is 44.2 Å². The van der Waals surface area contributed by atoms with Gasteiger partial charge in [0.25, 0.3) is 0 Å². The maximum absolute atomic E-state index is 13.7. The Labute approximate surface area is 100 Å². The number of hydrogen-bond donors (Lipinski definition) is 1. The Kier molecular flexibility index (Phi) is 2.72. The van der Waals surface area contributed by atoms with E-state index >= 15 is 0 Å². The molecule has 1 aliphatic carbocycles. The molecule has 1 aromatic carbocycles. The summed E-state index contributed by atoms with van der Waals surface area (Å²) in [5.41, 5.74) is -0.724. The maximum Gasteiger partial charge on any atom is 0.314 e. The number of halogens is 1. The van der Waals surface area contributed by atoms with Gasteiger partial charge in [-0.3, -0.25) is 4.79 Å². The number of rotatable bonds is 3. The van der Waals surface area contributed by atoms with Crippen LogP contribution in [0, 0.1) is 0 Å². The molecule has 1 aromatic rings. The molecule has 1 saturated carbocycles. The lowest BCUT2D eigenvalue weighted by Gasteiger charge is -2.38. The Bertz CT molecular complexity index is 425. The third-order valence-corrected chi connectivity index (χ3v) is 3.74. The standard InChI is InChI=1S/C14H17FO2/c1-13(2,15)10-4-6-11(7-5-10)14(12(16)17)8-3-9-14/h4-7H,3,8-9H2,1-2H3,(H,16,17). The average Bonchev–Trinajstić information content (AvgIpc) is 2.14. The third-order valence-electron chi connectivity index (χ3n) is 3.74. The molecule has 0 atom stereocenters. The van der Waals surface area contributed by atoms with Crippen molar-refractivity contribution < 1.29 is 14.3 Å². The number of hydrogen-bond acceptors (Lipinski definition) is 1. The van der Waals surface area contributed by atoms with Gasteiger partial charge in [0.2, 0.25) is 0 Å². The highest BCUT2D eigenvalue weighted by Gasteiger charge is 2.45. The second kappa shape index (κ2) is 3.83. The molecule has 2 rings (SSSR count). The van der Waals surface area contributed by atoms with E-state index in [1.807, 2.05) is 0 Å². The van der Waals surface area contributed by atoms with Crippen LogP contribution in [0.4, 0.5) is 4.39 Å². The molecule has 0 amide bonds. The SMILES string of the molecule is CC(C)(F)c1ccc(C2(C(=O)O)CCC2)cc1. The minimum absolute atomic E-state index is 0.584. The molecule has 0 aliphatic heterocycles. The molecule has 0 spiro atoms. The maximum atomic E-state index is 13.7. The van der Waals surface area contributed by atoms with Gasteiger partial charge < -0.3 is 5.11 Å². The van der Waals surface area contributed by atoms with Gasteiger partial charge in [0.1, 0.15) is 5.67 Å². The van der Waals surface area contributed by atoms with Crippen molar-refractivity contribution in [2.75, 3.05) is 0 Å². The minimum Gasteiger partial charge on any atom is -0.481 e. The predicted molar refractivity (Wildman–Crippen MR) is 63.7 cm³/mol. The molecule has 0 heterocycles. The Morgan fingerprint density at radius 3 is 2.12 bits per heavy atom. The van der Waals surface area contributed by atoms with Gasteiger partial charge in [-0.15, -0.1) is 0 Å². The Hall–Kier alpha value is -1.38. The molecular formula is C14H17FO2. The zero-order valence-corrected chi connectivity index (χ0v) is 10.2. The minimum atomic E-state index is -1.38. The molecule has 0 saturated heterocycles. The topological polar surface area (TPSA) is 37.3 Å². The van der Waals surface area contributed by atoms with E-state index in [2.05, 4.69) is 0 Å². The summed E-state index contributed by atoms with van der Waals surface area (Å²) < 4.78 is 13.7. The lowest BCUT2D eigenvalue weighted by Crippen LogP contribution is -2.42. The number of carboxylic acid groups (broad SMARTS) is 1. The highest BCUT2D eigenvalue weighted by molar-refractivity contribution is 5.82. The van der Waals surface area contributed by atoms with Crippen LogP contribution in [0.25, 0.3) is 0 Å². The Morgan fingerprint density at radius 2 is 1.82 bits per heavy atom. The van der Waals surface area contributed by atoms with Gasteiger partial charge in [0.05, 0.1) is 5.41 Å². The van der Waals surface area contributed by atoms with Crippen LogP contribution in [0.3, 0.4) is 0 Å². The van der Waals surface area contributed by atoms with E-state index in [0.29, 0.717) is 18.4 Å². The van der Waals surface area contributed by atoms with Gasteiger partial charge >= 0.3 is 5.97 Å². The Balaban J connectivity index is 2.32. The first kappa shape index (κ1) is 12.1. The van der Waals surface area contributed by atoms with Crippen molar-refractivity contribution in [3.05, 3.63) is 35.4 Å². The highest BCUT2D eigenvalue weighted by Crippen LogP contribution is 2.44. The van der Waals surface area contributed by atoms with Crippen molar-refractivity contribution >= 4 is 5.97 Å². The summed E-state index contributed by atoms with van der Waals surface area (Å²) >= 11 is 0. The molecule has 0 bridgehead atoms. The lowest BCUT2D eigenvalue weighted by atomic mass is 9.64. The van der Waals surface area contributed by atoms with Crippen LogP contribution in [0.5, 0.6) is 0 Å². The van der Waals surface area contributed by atoms with Crippen LogP contribution in [0.15, 0.2) is 24.3 Å². The molecule has 3 heteroatoms. The quantitative estimate of drug-likeness (QED) is 0.873.